The number of alkyl halides is 3. The summed E-state index contributed by atoms with van der Waals surface area (Å²) in [6, 6.07) is 6.00. The number of hydrogen-bond donors (Lipinski definition) is 1. The molecule has 14 heavy (non-hydrogen) atoms. The fraction of sp³-hybridized carbons (Fsp3) is 0.333. The minimum absolute atomic E-state index is 0.197. The van der Waals surface area contributed by atoms with Crippen LogP contribution in [-0.2, 0) is 0 Å². The molecule has 0 saturated heterocycles. The zero-order valence-corrected chi connectivity index (χ0v) is 8.77. The molecule has 2 N–H and O–H groups in total. The van der Waals surface area contributed by atoms with Crippen molar-refractivity contribution in [2.24, 2.45) is 5.73 Å². The summed E-state index contributed by atoms with van der Waals surface area (Å²) in [6.45, 7) is -0.425. The molecule has 1 nitrogen and oxygen atoms in total. The molecule has 0 spiro atoms. The standard InChI is InChI=1S/C9H9BrF3N/c10-7-3-1-6(2-4-7)8(5-14)9(11,12)13/h1-4,8H,5,14H2. The van der Waals surface area contributed by atoms with E-state index in [2.05, 4.69) is 15.9 Å². The molecule has 1 atom stereocenters. The van der Waals surface area contributed by atoms with Crippen LogP contribution in [-0.4, -0.2) is 12.7 Å². The fourth-order valence-electron chi connectivity index (χ4n) is 1.15. The van der Waals surface area contributed by atoms with E-state index in [1.54, 1.807) is 12.1 Å². The Balaban J connectivity index is 2.96. The van der Waals surface area contributed by atoms with Gasteiger partial charge in [-0.15, -0.1) is 0 Å². The summed E-state index contributed by atoms with van der Waals surface area (Å²) in [5.41, 5.74) is 5.29. The van der Waals surface area contributed by atoms with E-state index < -0.39 is 18.6 Å². The van der Waals surface area contributed by atoms with Crippen molar-refractivity contribution < 1.29 is 13.2 Å². The van der Waals surface area contributed by atoms with E-state index in [1.165, 1.54) is 12.1 Å². The molecule has 0 radical (unpaired) electrons. The topological polar surface area (TPSA) is 26.0 Å². The van der Waals surface area contributed by atoms with Crippen LogP contribution in [0.5, 0.6) is 0 Å². The van der Waals surface area contributed by atoms with Crippen LogP contribution < -0.4 is 5.73 Å². The second-order valence-corrected chi connectivity index (χ2v) is 3.80. The molecule has 78 valence electrons. The molecule has 5 heteroatoms. The van der Waals surface area contributed by atoms with Crippen molar-refractivity contribution in [3.8, 4) is 0 Å². The normalized spacial score (nSPS) is 14.1. The van der Waals surface area contributed by atoms with E-state index in [-0.39, 0.29) is 5.56 Å². The number of halogens is 4. The maximum absolute atomic E-state index is 12.4. The molecule has 0 aromatic heterocycles. The first-order valence-electron chi connectivity index (χ1n) is 3.97. The highest BCUT2D eigenvalue weighted by Gasteiger charge is 2.39. The Morgan fingerprint density at radius 3 is 2.07 bits per heavy atom. The largest absolute Gasteiger partial charge is 0.396 e. The van der Waals surface area contributed by atoms with Gasteiger partial charge in [-0.1, -0.05) is 28.1 Å². The van der Waals surface area contributed by atoms with Gasteiger partial charge >= 0.3 is 6.18 Å². The van der Waals surface area contributed by atoms with Crippen molar-refractivity contribution in [2.75, 3.05) is 6.54 Å². The van der Waals surface area contributed by atoms with Crippen molar-refractivity contribution in [3.05, 3.63) is 34.3 Å². The summed E-state index contributed by atoms with van der Waals surface area (Å²) in [6.07, 6.45) is -4.28. The second-order valence-electron chi connectivity index (χ2n) is 2.88. The molecular formula is C9H9BrF3N. The molecule has 0 aliphatic heterocycles. The molecule has 1 unspecified atom stereocenters. The molecule has 0 heterocycles. The molecule has 0 aliphatic rings. The molecule has 0 bridgehead atoms. The molecule has 0 fully saturated rings. The minimum atomic E-state index is -4.28. The van der Waals surface area contributed by atoms with Crippen LogP contribution in [0.3, 0.4) is 0 Å². The molecule has 0 aliphatic carbocycles. The molecule has 1 rings (SSSR count). The van der Waals surface area contributed by atoms with Gasteiger partial charge in [-0.25, -0.2) is 0 Å². The molecule has 1 aromatic rings. The first kappa shape index (κ1) is 11.5. The third-order valence-electron chi connectivity index (χ3n) is 1.90. The highest BCUT2D eigenvalue weighted by molar-refractivity contribution is 9.10. The quantitative estimate of drug-likeness (QED) is 0.876. The summed E-state index contributed by atoms with van der Waals surface area (Å²) in [5.74, 6) is -1.57. The Bertz CT molecular complexity index is 294. The maximum atomic E-state index is 12.4. The molecule has 1 aromatic carbocycles. The van der Waals surface area contributed by atoms with Crippen LogP contribution in [0.15, 0.2) is 28.7 Å². The van der Waals surface area contributed by atoms with Gasteiger partial charge in [0.15, 0.2) is 0 Å². The maximum Gasteiger partial charge on any atom is 0.396 e. The smallest absolute Gasteiger partial charge is 0.330 e. The SMILES string of the molecule is NCC(c1ccc(Br)cc1)C(F)(F)F. The van der Waals surface area contributed by atoms with Crippen LogP contribution in [0.25, 0.3) is 0 Å². The van der Waals surface area contributed by atoms with Crippen molar-refractivity contribution in [1.82, 2.24) is 0 Å². The Kier molecular flexibility index (Phi) is 3.55. The third kappa shape index (κ3) is 2.72. The average Bonchev–Trinajstić information content (AvgIpc) is 2.07. The summed E-state index contributed by atoms with van der Waals surface area (Å²) < 4.78 is 38.0. The van der Waals surface area contributed by atoms with Gasteiger partial charge in [-0.3, -0.25) is 0 Å². The van der Waals surface area contributed by atoms with Crippen molar-refractivity contribution in [3.63, 3.8) is 0 Å². The van der Waals surface area contributed by atoms with Crippen molar-refractivity contribution in [2.45, 2.75) is 12.1 Å². The summed E-state index contributed by atoms with van der Waals surface area (Å²) >= 11 is 3.15. The third-order valence-corrected chi connectivity index (χ3v) is 2.43. The lowest BCUT2D eigenvalue weighted by Crippen LogP contribution is -2.27. The van der Waals surface area contributed by atoms with E-state index in [1.807, 2.05) is 0 Å². The van der Waals surface area contributed by atoms with Gasteiger partial charge in [0.05, 0.1) is 5.92 Å². The Morgan fingerprint density at radius 2 is 1.71 bits per heavy atom. The van der Waals surface area contributed by atoms with Gasteiger partial charge in [-0.2, -0.15) is 13.2 Å². The first-order chi connectivity index (χ1) is 6.45. The lowest BCUT2D eigenvalue weighted by molar-refractivity contribution is -0.148. The predicted molar refractivity (Wildman–Crippen MR) is 52.0 cm³/mol. The van der Waals surface area contributed by atoms with Crippen LogP contribution in [0, 0.1) is 0 Å². The van der Waals surface area contributed by atoms with E-state index in [0.29, 0.717) is 0 Å². The van der Waals surface area contributed by atoms with Gasteiger partial charge in [-0.05, 0) is 17.7 Å². The zero-order chi connectivity index (χ0) is 10.8. The highest BCUT2D eigenvalue weighted by atomic mass is 79.9. The minimum Gasteiger partial charge on any atom is -0.330 e. The summed E-state index contributed by atoms with van der Waals surface area (Å²) in [4.78, 5) is 0. The number of nitrogens with two attached hydrogens (primary N) is 1. The van der Waals surface area contributed by atoms with Crippen LogP contribution in [0.2, 0.25) is 0 Å². The predicted octanol–water partition coefficient (Wildman–Crippen LogP) is 3.05. The Labute approximate surface area is 88.2 Å². The Hall–Kier alpha value is -0.550. The van der Waals surface area contributed by atoms with Gasteiger partial charge in [0.25, 0.3) is 0 Å². The highest BCUT2D eigenvalue weighted by Crippen LogP contribution is 2.34. The van der Waals surface area contributed by atoms with Gasteiger partial charge < -0.3 is 5.73 Å². The lowest BCUT2D eigenvalue weighted by Gasteiger charge is -2.18. The second kappa shape index (κ2) is 4.31. The molecular weight excluding hydrogens is 259 g/mol. The van der Waals surface area contributed by atoms with Crippen molar-refractivity contribution in [1.29, 1.82) is 0 Å². The van der Waals surface area contributed by atoms with E-state index in [4.69, 9.17) is 5.73 Å². The Morgan fingerprint density at radius 1 is 1.21 bits per heavy atom. The zero-order valence-electron chi connectivity index (χ0n) is 7.18. The van der Waals surface area contributed by atoms with E-state index >= 15 is 0 Å². The van der Waals surface area contributed by atoms with Crippen LogP contribution in [0.4, 0.5) is 13.2 Å². The number of rotatable bonds is 2. The monoisotopic (exact) mass is 267 g/mol. The molecule has 0 amide bonds. The van der Waals surface area contributed by atoms with Crippen molar-refractivity contribution >= 4 is 15.9 Å². The van der Waals surface area contributed by atoms with Gasteiger partial charge in [0.1, 0.15) is 0 Å². The van der Waals surface area contributed by atoms with Crippen LogP contribution in [0.1, 0.15) is 11.5 Å². The number of hydrogen-bond acceptors (Lipinski definition) is 1. The fourth-order valence-corrected chi connectivity index (χ4v) is 1.42. The van der Waals surface area contributed by atoms with Gasteiger partial charge in [0.2, 0.25) is 0 Å². The molecule has 0 saturated carbocycles. The summed E-state index contributed by atoms with van der Waals surface area (Å²) in [7, 11) is 0. The lowest BCUT2D eigenvalue weighted by atomic mass is 9.99. The average molecular weight is 268 g/mol. The van der Waals surface area contributed by atoms with E-state index in [0.717, 1.165) is 4.47 Å². The van der Waals surface area contributed by atoms with E-state index in [9.17, 15) is 13.2 Å². The summed E-state index contributed by atoms with van der Waals surface area (Å²) in [5, 5.41) is 0. The van der Waals surface area contributed by atoms with Crippen LogP contribution >= 0.6 is 15.9 Å². The number of benzene rings is 1. The van der Waals surface area contributed by atoms with Gasteiger partial charge in [0, 0.05) is 11.0 Å². The first-order valence-corrected chi connectivity index (χ1v) is 4.76.